The van der Waals surface area contributed by atoms with Gasteiger partial charge in [-0.25, -0.2) is 10.1 Å². The summed E-state index contributed by atoms with van der Waals surface area (Å²) < 4.78 is 7.00. The van der Waals surface area contributed by atoms with E-state index in [1.807, 2.05) is 84.9 Å². The second-order valence-electron chi connectivity index (χ2n) is 6.48. The Morgan fingerprint density at radius 2 is 1.63 bits per heavy atom. The summed E-state index contributed by atoms with van der Waals surface area (Å²) >= 11 is 0. The number of aromatic nitrogens is 2. The minimum atomic E-state index is -0.345. The van der Waals surface area contributed by atoms with Gasteiger partial charge < -0.3 is 4.74 Å². The third-order valence-electron chi connectivity index (χ3n) is 4.54. The third-order valence-corrected chi connectivity index (χ3v) is 4.54. The number of para-hydroxylation sites is 2. The molecule has 0 atom stereocenters. The van der Waals surface area contributed by atoms with Crippen LogP contribution in [0.4, 0.5) is 0 Å². The van der Waals surface area contributed by atoms with E-state index in [9.17, 15) is 4.79 Å². The molecule has 0 aliphatic carbocycles. The van der Waals surface area contributed by atoms with Crippen LogP contribution in [0.2, 0.25) is 0 Å². The van der Waals surface area contributed by atoms with Crippen molar-refractivity contribution in [3.63, 3.8) is 0 Å². The molecule has 0 bridgehead atoms. The van der Waals surface area contributed by atoms with Crippen molar-refractivity contribution < 1.29 is 9.53 Å². The molecule has 0 saturated heterocycles. The Labute approximate surface area is 174 Å². The number of amides is 1. The van der Waals surface area contributed by atoms with Gasteiger partial charge in [0.1, 0.15) is 11.4 Å². The molecule has 0 radical (unpaired) electrons. The summed E-state index contributed by atoms with van der Waals surface area (Å²) in [5.41, 5.74) is 6.10. The van der Waals surface area contributed by atoms with E-state index < -0.39 is 0 Å². The number of nitrogens with zero attached hydrogens (tertiary/aromatic N) is 3. The third kappa shape index (κ3) is 4.12. The number of nitrogens with one attached hydrogen (secondary N) is 1. The van der Waals surface area contributed by atoms with Gasteiger partial charge in [-0.3, -0.25) is 4.79 Å². The average molecular weight is 396 g/mol. The zero-order chi connectivity index (χ0) is 20.8. The van der Waals surface area contributed by atoms with Gasteiger partial charge in [-0.15, -0.1) is 0 Å². The Hall–Kier alpha value is -4.19. The molecule has 0 aliphatic rings. The number of carbonyl (C=O) groups is 1. The van der Waals surface area contributed by atoms with E-state index in [-0.39, 0.29) is 5.91 Å². The van der Waals surface area contributed by atoms with Crippen LogP contribution in [0.15, 0.2) is 96.2 Å². The van der Waals surface area contributed by atoms with Crippen LogP contribution in [0, 0.1) is 0 Å². The molecule has 1 amide bonds. The number of carbonyl (C=O) groups excluding carboxylic acids is 1. The van der Waals surface area contributed by atoms with Gasteiger partial charge >= 0.3 is 0 Å². The van der Waals surface area contributed by atoms with Crippen molar-refractivity contribution in [1.29, 1.82) is 0 Å². The zero-order valence-corrected chi connectivity index (χ0v) is 16.4. The lowest BCUT2D eigenvalue weighted by molar-refractivity contribution is 0.0955. The molecule has 1 N–H and O–H groups in total. The minimum absolute atomic E-state index is 0.345. The maximum Gasteiger partial charge on any atom is 0.275 e. The van der Waals surface area contributed by atoms with Crippen LogP contribution in [0.3, 0.4) is 0 Å². The highest BCUT2D eigenvalue weighted by Crippen LogP contribution is 2.23. The standard InChI is InChI=1S/C24H20N4O2/c1-30-22-15-9-8-12-19(22)16-25-26-24(29)21-17-28(20-13-6-3-7-14-20)27-23(21)18-10-4-2-5-11-18/h2-17H,1H3,(H,26,29)/b25-16+. The fraction of sp³-hybridized carbons (Fsp3) is 0.0417. The van der Waals surface area contributed by atoms with E-state index in [0.717, 1.165) is 16.8 Å². The molecule has 0 aliphatic heterocycles. The first-order valence-corrected chi connectivity index (χ1v) is 9.43. The van der Waals surface area contributed by atoms with E-state index in [2.05, 4.69) is 15.6 Å². The van der Waals surface area contributed by atoms with E-state index in [1.165, 1.54) is 0 Å². The topological polar surface area (TPSA) is 68.5 Å². The summed E-state index contributed by atoms with van der Waals surface area (Å²) in [6.45, 7) is 0. The largest absolute Gasteiger partial charge is 0.496 e. The van der Waals surface area contributed by atoms with Crippen LogP contribution in [-0.2, 0) is 0 Å². The first kappa shape index (κ1) is 19.1. The molecule has 0 fully saturated rings. The average Bonchev–Trinajstić information content (AvgIpc) is 3.26. The number of hydrogen-bond donors (Lipinski definition) is 1. The quantitative estimate of drug-likeness (QED) is 0.390. The Kier molecular flexibility index (Phi) is 5.66. The summed E-state index contributed by atoms with van der Waals surface area (Å²) in [6.07, 6.45) is 3.27. The number of hydrazone groups is 1. The van der Waals surface area contributed by atoms with Gasteiger partial charge in [0.05, 0.1) is 24.6 Å². The fourth-order valence-electron chi connectivity index (χ4n) is 3.06. The molecule has 0 unspecified atom stereocenters. The molecule has 30 heavy (non-hydrogen) atoms. The molecular formula is C24H20N4O2. The van der Waals surface area contributed by atoms with Crippen LogP contribution in [-0.4, -0.2) is 29.0 Å². The van der Waals surface area contributed by atoms with Gasteiger partial charge in [0.25, 0.3) is 5.91 Å². The Balaban J connectivity index is 1.64. The lowest BCUT2D eigenvalue weighted by Crippen LogP contribution is -2.18. The SMILES string of the molecule is COc1ccccc1/C=N/NC(=O)c1cn(-c2ccccc2)nc1-c1ccccc1. The van der Waals surface area contributed by atoms with Crippen molar-refractivity contribution in [2.75, 3.05) is 7.11 Å². The number of rotatable bonds is 6. The zero-order valence-electron chi connectivity index (χ0n) is 16.4. The van der Waals surface area contributed by atoms with Crippen molar-refractivity contribution in [3.8, 4) is 22.7 Å². The normalized spacial score (nSPS) is 10.8. The molecule has 0 spiro atoms. The summed E-state index contributed by atoms with van der Waals surface area (Å²) in [5.74, 6) is 0.333. The van der Waals surface area contributed by atoms with Gasteiger partial charge in [0.2, 0.25) is 0 Å². The Morgan fingerprint density at radius 3 is 2.37 bits per heavy atom. The van der Waals surface area contributed by atoms with Crippen molar-refractivity contribution in [2.24, 2.45) is 5.10 Å². The van der Waals surface area contributed by atoms with Gasteiger partial charge in [0.15, 0.2) is 0 Å². The van der Waals surface area contributed by atoms with Crippen LogP contribution in [0.25, 0.3) is 16.9 Å². The smallest absolute Gasteiger partial charge is 0.275 e. The highest BCUT2D eigenvalue weighted by atomic mass is 16.5. The summed E-state index contributed by atoms with van der Waals surface area (Å²) in [6, 6.07) is 26.7. The molecular weight excluding hydrogens is 376 g/mol. The Morgan fingerprint density at radius 1 is 0.967 bits per heavy atom. The minimum Gasteiger partial charge on any atom is -0.496 e. The van der Waals surface area contributed by atoms with E-state index in [1.54, 1.807) is 24.2 Å². The predicted octanol–water partition coefficient (Wildman–Crippen LogP) is 4.31. The van der Waals surface area contributed by atoms with Crippen LogP contribution < -0.4 is 10.2 Å². The van der Waals surface area contributed by atoms with Crippen molar-refractivity contribution in [2.45, 2.75) is 0 Å². The lowest BCUT2D eigenvalue weighted by Gasteiger charge is -2.03. The number of ether oxygens (including phenoxy) is 1. The fourth-order valence-corrected chi connectivity index (χ4v) is 3.06. The molecule has 4 aromatic rings. The molecule has 4 rings (SSSR count). The molecule has 6 heteroatoms. The number of benzene rings is 3. The first-order valence-electron chi connectivity index (χ1n) is 9.43. The van der Waals surface area contributed by atoms with Gasteiger partial charge in [-0.1, -0.05) is 60.7 Å². The first-order chi connectivity index (χ1) is 14.8. The Bertz CT molecular complexity index is 1170. The highest BCUT2D eigenvalue weighted by molar-refractivity contribution is 6.00. The second-order valence-corrected chi connectivity index (χ2v) is 6.48. The number of methoxy groups -OCH3 is 1. The maximum absolute atomic E-state index is 12.9. The highest BCUT2D eigenvalue weighted by Gasteiger charge is 2.18. The lowest BCUT2D eigenvalue weighted by atomic mass is 10.1. The van der Waals surface area contributed by atoms with Crippen molar-refractivity contribution in [3.05, 3.63) is 102 Å². The molecule has 3 aromatic carbocycles. The second kappa shape index (κ2) is 8.87. The van der Waals surface area contributed by atoms with Crippen LogP contribution in [0.1, 0.15) is 15.9 Å². The van der Waals surface area contributed by atoms with Crippen molar-refractivity contribution in [1.82, 2.24) is 15.2 Å². The van der Waals surface area contributed by atoms with Gasteiger partial charge in [0, 0.05) is 17.3 Å². The van der Waals surface area contributed by atoms with Crippen LogP contribution in [0.5, 0.6) is 5.75 Å². The summed E-state index contributed by atoms with van der Waals surface area (Å²) in [5, 5.41) is 8.75. The predicted molar refractivity (Wildman–Crippen MR) is 117 cm³/mol. The monoisotopic (exact) mass is 396 g/mol. The van der Waals surface area contributed by atoms with Crippen molar-refractivity contribution >= 4 is 12.1 Å². The summed E-state index contributed by atoms with van der Waals surface area (Å²) in [7, 11) is 1.59. The molecule has 1 heterocycles. The molecule has 0 saturated carbocycles. The number of hydrogen-bond acceptors (Lipinski definition) is 4. The van der Waals surface area contributed by atoms with Crippen LogP contribution >= 0.6 is 0 Å². The van der Waals surface area contributed by atoms with Gasteiger partial charge in [-0.05, 0) is 24.3 Å². The maximum atomic E-state index is 12.9. The van der Waals surface area contributed by atoms with E-state index in [4.69, 9.17) is 4.74 Å². The van der Waals surface area contributed by atoms with Gasteiger partial charge in [-0.2, -0.15) is 10.2 Å². The van der Waals surface area contributed by atoms with E-state index in [0.29, 0.717) is 17.0 Å². The van der Waals surface area contributed by atoms with E-state index >= 15 is 0 Å². The summed E-state index contributed by atoms with van der Waals surface area (Å²) in [4.78, 5) is 12.9. The molecule has 6 nitrogen and oxygen atoms in total. The molecule has 1 aromatic heterocycles. The molecule has 148 valence electrons.